The van der Waals surface area contributed by atoms with Crippen LogP contribution in [0.1, 0.15) is 36.0 Å². The molecule has 1 saturated carbocycles. The maximum absolute atomic E-state index is 12.2. The van der Waals surface area contributed by atoms with E-state index in [1.165, 1.54) is 18.2 Å². The lowest BCUT2D eigenvalue weighted by Crippen LogP contribution is -2.38. The third kappa shape index (κ3) is 4.07. The Bertz CT molecular complexity index is 675. The summed E-state index contributed by atoms with van der Waals surface area (Å²) >= 11 is 0. The number of hydrogen-bond acceptors (Lipinski definition) is 4. The van der Waals surface area contributed by atoms with E-state index < -0.39 is 15.8 Å². The summed E-state index contributed by atoms with van der Waals surface area (Å²) in [4.78, 5) is 23.2. The molecule has 1 aromatic carbocycles. The highest BCUT2D eigenvalue weighted by Crippen LogP contribution is 2.24. The van der Waals surface area contributed by atoms with E-state index in [0.29, 0.717) is 31.2 Å². The Morgan fingerprint density at radius 1 is 1.18 bits per heavy atom. The van der Waals surface area contributed by atoms with Crippen molar-refractivity contribution in [2.24, 2.45) is 5.92 Å². The van der Waals surface area contributed by atoms with Gasteiger partial charge in [0, 0.05) is 17.9 Å². The van der Waals surface area contributed by atoms with E-state index in [0.717, 1.165) is 6.26 Å². The van der Waals surface area contributed by atoms with E-state index >= 15 is 0 Å². The van der Waals surface area contributed by atoms with Gasteiger partial charge in [0.25, 0.3) is 5.91 Å². The molecule has 22 heavy (non-hydrogen) atoms. The summed E-state index contributed by atoms with van der Waals surface area (Å²) in [6, 6.07) is 5.84. The molecular formula is C15H19NO5S. The molecule has 0 radical (unpaired) electrons. The van der Waals surface area contributed by atoms with Gasteiger partial charge in [0.2, 0.25) is 0 Å². The lowest BCUT2D eigenvalue weighted by Gasteiger charge is -2.26. The SMILES string of the molecule is CS(=O)(=O)c1cccc(C(=O)NC2CCC(C(=O)O)CC2)c1. The van der Waals surface area contributed by atoms with E-state index in [-0.39, 0.29) is 22.8 Å². The minimum Gasteiger partial charge on any atom is -0.481 e. The Hall–Kier alpha value is -1.89. The molecule has 0 aromatic heterocycles. The van der Waals surface area contributed by atoms with Crippen molar-refractivity contribution in [1.29, 1.82) is 0 Å². The molecule has 1 fully saturated rings. The van der Waals surface area contributed by atoms with Crippen LogP contribution in [0.3, 0.4) is 0 Å². The number of rotatable bonds is 4. The molecule has 120 valence electrons. The fourth-order valence-electron chi connectivity index (χ4n) is 2.62. The Kier molecular flexibility index (Phi) is 4.85. The zero-order valence-corrected chi connectivity index (χ0v) is 13.1. The molecule has 2 rings (SSSR count). The maximum Gasteiger partial charge on any atom is 0.306 e. The van der Waals surface area contributed by atoms with Gasteiger partial charge >= 0.3 is 5.97 Å². The van der Waals surface area contributed by atoms with E-state index in [1.54, 1.807) is 6.07 Å². The first-order valence-corrected chi connectivity index (χ1v) is 9.00. The minimum atomic E-state index is -3.35. The summed E-state index contributed by atoms with van der Waals surface area (Å²) in [5, 5.41) is 11.8. The molecule has 1 aromatic rings. The first-order chi connectivity index (χ1) is 10.3. The van der Waals surface area contributed by atoms with Crippen molar-refractivity contribution in [3.05, 3.63) is 29.8 Å². The molecule has 0 heterocycles. The third-order valence-electron chi connectivity index (χ3n) is 3.94. The summed E-state index contributed by atoms with van der Waals surface area (Å²) in [6.45, 7) is 0. The van der Waals surface area contributed by atoms with Crippen molar-refractivity contribution < 1.29 is 23.1 Å². The van der Waals surface area contributed by atoms with Gasteiger partial charge in [0.05, 0.1) is 10.8 Å². The molecule has 6 nitrogen and oxygen atoms in total. The number of carbonyl (C=O) groups excluding carboxylic acids is 1. The Morgan fingerprint density at radius 3 is 2.36 bits per heavy atom. The first-order valence-electron chi connectivity index (χ1n) is 7.11. The predicted octanol–water partition coefficient (Wildman–Crippen LogP) is 1.46. The second-order valence-corrected chi connectivity index (χ2v) is 7.68. The molecule has 0 spiro atoms. The molecule has 0 unspecified atom stereocenters. The Morgan fingerprint density at radius 2 is 1.82 bits per heavy atom. The quantitative estimate of drug-likeness (QED) is 0.873. The van der Waals surface area contributed by atoms with Crippen LogP contribution >= 0.6 is 0 Å². The number of carboxylic acid groups (broad SMARTS) is 1. The number of carbonyl (C=O) groups is 2. The molecule has 2 N–H and O–H groups in total. The van der Waals surface area contributed by atoms with Crippen LogP contribution in [0, 0.1) is 5.92 Å². The van der Waals surface area contributed by atoms with E-state index in [1.807, 2.05) is 0 Å². The summed E-state index contributed by atoms with van der Waals surface area (Å²) in [5.41, 5.74) is 0.295. The Balaban J connectivity index is 2.00. The number of hydrogen-bond donors (Lipinski definition) is 2. The lowest BCUT2D eigenvalue weighted by atomic mass is 9.86. The normalized spacial score (nSPS) is 22.0. The standard InChI is InChI=1S/C15H19NO5S/c1-22(20,21)13-4-2-3-11(9-13)14(17)16-12-7-5-10(6-8-12)15(18)19/h2-4,9-10,12H,5-8H2,1H3,(H,16,17)(H,18,19). The van der Waals surface area contributed by atoms with E-state index in [2.05, 4.69) is 5.32 Å². The molecule has 0 atom stereocenters. The molecule has 1 aliphatic rings. The molecule has 0 aliphatic heterocycles. The van der Waals surface area contributed by atoms with Crippen molar-refractivity contribution in [3.63, 3.8) is 0 Å². The van der Waals surface area contributed by atoms with Crippen molar-refractivity contribution in [3.8, 4) is 0 Å². The van der Waals surface area contributed by atoms with Crippen LogP contribution in [-0.2, 0) is 14.6 Å². The molecule has 1 amide bonds. The maximum atomic E-state index is 12.2. The van der Waals surface area contributed by atoms with Crippen LogP contribution in [0.4, 0.5) is 0 Å². The summed E-state index contributed by atoms with van der Waals surface area (Å²) in [5.74, 6) is -1.45. The van der Waals surface area contributed by atoms with Crippen LogP contribution in [0.2, 0.25) is 0 Å². The highest BCUT2D eigenvalue weighted by atomic mass is 32.2. The van der Waals surface area contributed by atoms with Crippen molar-refractivity contribution in [1.82, 2.24) is 5.32 Å². The molecule has 7 heteroatoms. The van der Waals surface area contributed by atoms with Crippen LogP contribution in [-0.4, -0.2) is 37.7 Å². The highest BCUT2D eigenvalue weighted by Gasteiger charge is 2.27. The predicted molar refractivity (Wildman–Crippen MR) is 80.4 cm³/mol. The molecular weight excluding hydrogens is 306 g/mol. The highest BCUT2D eigenvalue weighted by molar-refractivity contribution is 7.90. The summed E-state index contributed by atoms with van der Waals surface area (Å²) < 4.78 is 23.0. The van der Waals surface area contributed by atoms with Crippen LogP contribution in [0.15, 0.2) is 29.2 Å². The largest absolute Gasteiger partial charge is 0.481 e. The zero-order valence-electron chi connectivity index (χ0n) is 12.3. The van der Waals surface area contributed by atoms with Crippen LogP contribution in [0.25, 0.3) is 0 Å². The average molecular weight is 325 g/mol. The van der Waals surface area contributed by atoms with E-state index in [4.69, 9.17) is 5.11 Å². The van der Waals surface area contributed by atoms with Crippen molar-refractivity contribution in [2.45, 2.75) is 36.6 Å². The summed E-state index contributed by atoms with van der Waals surface area (Å²) in [7, 11) is -3.35. The molecule has 1 aliphatic carbocycles. The number of sulfone groups is 1. The van der Waals surface area contributed by atoms with Gasteiger partial charge in [0.15, 0.2) is 9.84 Å². The summed E-state index contributed by atoms with van der Waals surface area (Å²) in [6.07, 6.45) is 3.42. The van der Waals surface area contributed by atoms with Crippen molar-refractivity contribution >= 4 is 21.7 Å². The van der Waals surface area contributed by atoms with Gasteiger partial charge in [0.1, 0.15) is 0 Å². The average Bonchev–Trinajstić information content (AvgIpc) is 2.47. The van der Waals surface area contributed by atoms with Crippen molar-refractivity contribution in [2.75, 3.05) is 6.26 Å². The fraction of sp³-hybridized carbons (Fsp3) is 0.467. The van der Waals surface area contributed by atoms with E-state index in [9.17, 15) is 18.0 Å². The van der Waals surface area contributed by atoms with Gasteiger partial charge in [-0.1, -0.05) is 6.07 Å². The first kappa shape index (κ1) is 16.5. The van der Waals surface area contributed by atoms with Gasteiger partial charge in [-0.2, -0.15) is 0 Å². The molecule has 0 saturated heterocycles. The van der Waals surface area contributed by atoms with Crippen LogP contribution in [0.5, 0.6) is 0 Å². The van der Waals surface area contributed by atoms with Gasteiger partial charge in [-0.05, 0) is 43.9 Å². The lowest BCUT2D eigenvalue weighted by molar-refractivity contribution is -0.142. The Labute approximate surface area is 129 Å². The van der Waals surface area contributed by atoms with Crippen LogP contribution < -0.4 is 5.32 Å². The number of aliphatic carboxylic acids is 1. The van der Waals surface area contributed by atoms with Gasteiger partial charge in [-0.25, -0.2) is 8.42 Å². The number of carboxylic acids is 1. The fourth-order valence-corrected chi connectivity index (χ4v) is 3.29. The third-order valence-corrected chi connectivity index (χ3v) is 5.05. The van der Waals surface area contributed by atoms with Gasteiger partial charge in [-0.3, -0.25) is 9.59 Å². The number of nitrogens with one attached hydrogen (secondary N) is 1. The van der Waals surface area contributed by atoms with Gasteiger partial charge in [-0.15, -0.1) is 0 Å². The monoisotopic (exact) mass is 325 g/mol. The molecule has 0 bridgehead atoms. The second kappa shape index (κ2) is 6.48. The topological polar surface area (TPSA) is 101 Å². The number of amides is 1. The number of benzene rings is 1. The minimum absolute atomic E-state index is 0.0648. The smallest absolute Gasteiger partial charge is 0.306 e. The zero-order chi connectivity index (χ0) is 16.3. The van der Waals surface area contributed by atoms with Gasteiger partial charge < -0.3 is 10.4 Å². The second-order valence-electron chi connectivity index (χ2n) is 5.66.